The molecule has 1 aliphatic rings. The van der Waals surface area contributed by atoms with Crippen LogP contribution in [0.1, 0.15) is 43.2 Å². The summed E-state index contributed by atoms with van der Waals surface area (Å²) in [6, 6.07) is 5.95. The van der Waals surface area contributed by atoms with Crippen LogP contribution >= 0.6 is 11.8 Å². The van der Waals surface area contributed by atoms with Gasteiger partial charge in [0.2, 0.25) is 17.0 Å². The Hall–Kier alpha value is -2.42. The number of benzene rings is 1. The van der Waals surface area contributed by atoms with E-state index in [1.54, 1.807) is 4.68 Å². The molecule has 8 nitrogen and oxygen atoms in total. The zero-order valence-electron chi connectivity index (χ0n) is 15.6. The summed E-state index contributed by atoms with van der Waals surface area (Å²) >= 11 is 1.22. The monoisotopic (exact) mass is 388 g/mol. The van der Waals surface area contributed by atoms with E-state index in [2.05, 4.69) is 26.4 Å². The molecule has 144 valence electrons. The van der Waals surface area contributed by atoms with E-state index in [1.165, 1.54) is 23.7 Å². The SMILES string of the molecule is Cc1ccc(-n2nnnc2SCC(=O)NNC(=O)C2CCCCC2)cc1C. The Balaban J connectivity index is 1.51. The lowest BCUT2D eigenvalue weighted by molar-refractivity contribution is -0.131. The number of nitrogens with one attached hydrogen (secondary N) is 2. The molecule has 2 aromatic rings. The predicted molar refractivity (Wildman–Crippen MR) is 102 cm³/mol. The lowest BCUT2D eigenvalue weighted by Gasteiger charge is -2.20. The number of hydrogen-bond donors (Lipinski definition) is 2. The number of thioether (sulfide) groups is 1. The molecule has 0 unspecified atom stereocenters. The summed E-state index contributed by atoms with van der Waals surface area (Å²) in [5, 5.41) is 12.2. The number of aryl methyl sites for hydroxylation is 2. The Labute approximate surface area is 162 Å². The van der Waals surface area contributed by atoms with Crippen molar-refractivity contribution in [3.05, 3.63) is 29.3 Å². The van der Waals surface area contributed by atoms with Crippen LogP contribution in [0.25, 0.3) is 5.69 Å². The Kier molecular flexibility index (Phi) is 6.44. The molecule has 2 N–H and O–H groups in total. The van der Waals surface area contributed by atoms with E-state index in [4.69, 9.17) is 0 Å². The highest BCUT2D eigenvalue weighted by molar-refractivity contribution is 7.99. The fourth-order valence-corrected chi connectivity index (χ4v) is 3.74. The lowest BCUT2D eigenvalue weighted by Crippen LogP contribution is -2.45. The Morgan fingerprint density at radius 2 is 1.93 bits per heavy atom. The van der Waals surface area contributed by atoms with Gasteiger partial charge in [-0.2, -0.15) is 4.68 Å². The van der Waals surface area contributed by atoms with E-state index in [1.807, 2.05) is 32.0 Å². The van der Waals surface area contributed by atoms with Crippen molar-refractivity contribution in [2.24, 2.45) is 5.92 Å². The molecule has 1 aromatic heterocycles. The second kappa shape index (κ2) is 8.98. The molecular formula is C18H24N6O2S. The molecular weight excluding hydrogens is 364 g/mol. The molecule has 0 aliphatic heterocycles. The van der Waals surface area contributed by atoms with Gasteiger partial charge in [0.05, 0.1) is 11.4 Å². The zero-order chi connectivity index (χ0) is 19.2. The summed E-state index contributed by atoms with van der Waals surface area (Å²) in [5.41, 5.74) is 8.19. The van der Waals surface area contributed by atoms with E-state index in [9.17, 15) is 9.59 Å². The molecule has 3 rings (SSSR count). The average molecular weight is 388 g/mol. The van der Waals surface area contributed by atoms with Crippen LogP contribution in [0.15, 0.2) is 23.4 Å². The van der Waals surface area contributed by atoms with Crippen molar-refractivity contribution >= 4 is 23.6 Å². The predicted octanol–water partition coefficient (Wildman–Crippen LogP) is 2.10. The first-order chi connectivity index (χ1) is 13.0. The number of nitrogens with zero attached hydrogens (tertiary/aromatic N) is 4. The van der Waals surface area contributed by atoms with E-state index in [0.29, 0.717) is 5.16 Å². The van der Waals surface area contributed by atoms with Crippen molar-refractivity contribution in [3.63, 3.8) is 0 Å². The molecule has 0 spiro atoms. The van der Waals surface area contributed by atoms with Crippen LogP contribution < -0.4 is 10.9 Å². The van der Waals surface area contributed by atoms with Crippen molar-refractivity contribution in [3.8, 4) is 5.69 Å². The van der Waals surface area contributed by atoms with Gasteiger partial charge in [-0.3, -0.25) is 20.4 Å². The van der Waals surface area contributed by atoms with E-state index in [-0.39, 0.29) is 23.5 Å². The number of carbonyl (C=O) groups is 2. The van der Waals surface area contributed by atoms with Crippen LogP contribution in [-0.2, 0) is 9.59 Å². The highest BCUT2D eigenvalue weighted by atomic mass is 32.2. The van der Waals surface area contributed by atoms with Gasteiger partial charge < -0.3 is 0 Å². The van der Waals surface area contributed by atoms with Gasteiger partial charge in [0, 0.05) is 5.92 Å². The van der Waals surface area contributed by atoms with Gasteiger partial charge in [-0.15, -0.1) is 5.10 Å². The van der Waals surface area contributed by atoms with Gasteiger partial charge >= 0.3 is 0 Å². The molecule has 1 aromatic carbocycles. The summed E-state index contributed by atoms with van der Waals surface area (Å²) in [6.07, 6.45) is 5.11. The van der Waals surface area contributed by atoms with Crippen molar-refractivity contribution in [2.75, 3.05) is 5.75 Å². The molecule has 2 amide bonds. The number of aromatic nitrogens is 4. The number of carbonyl (C=O) groups excluding carboxylic acids is 2. The van der Waals surface area contributed by atoms with Crippen LogP contribution in [0.5, 0.6) is 0 Å². The zero-order valence-corrected chi connectivity index (χ0v) is 16.4. The second-order valence-electron chi connectivity index (χ2n) is 6.80. The summed E-state index contributed by atoms with van der Waals surface area (Å²) in [7, 11) is 0. The minimum Gasteiger partial charge on any atom is -0.273 e. The van der Waals surface area contributed by atoms with Crippen LogP contribution in [-0.4, -0.2) is 37.8 Å². The minimum absolute atomic E-state index is 0.00350. The molecule has 1 heterocycles. The summed E-state index contributed by atoms with van der Waals surface area (Å²) in [4.78, 5) is 24.1. The largest absolute Gasteiger partial charge is 0.273 e. The average Bonchev–Trinajstić information content (AvgIpc) is 3.16. The van der Waals surface area contributed by atoms with Crippen molar-refractivity contribution in [1.82, 2.24) is 31.1 Å². The summed E-state index contributed by atoms with van der Waals surface area (Å²) < 4.78 is 1.60. The standard InChI is InChI=1S/C18H24N6O2S/c1-12-8-9-15(10-13(12)2)24-18(21-22-23-24)27-11-16(25)19-20-17(26)14-6-4-3-5-7-14/h8-10,14H,3-7,11H2,1-2H3,(H,19,25)(H,20,26). The second-order valence-corrected chi connectivity index (χ2v) is 7.75. The maximum atomic E-state index is 12.1. The number of hydrazine groups is 1. The topological polar surface area (TPSA) is 102 Å². The number of amides is 2. The van der Waals surface area contributed by atoms with E-state index < -0.39 is 0 Å². The maximum Gasteiger partial charge on any atom is 0.248 e. The fourth-order valence-electron chi connectivity index (χ4n) is 3.05. The highest BCUT2D eigenvalue weighted by Crippen LogP contribution is 2.23. The van der Waals surface area contributed by atoms with E-state index >= 15 is 0 Å². The Bertz CT molecular complexity index is 816. The fraction of sp³-hybridized carbons (Fsp3) is 0.500. The minimum atomic E-state index is -0.293. The quantitative estimate of drug-likeness (QED) is 0.601. The lowest BCUT2D eigenvalue weighted by atomic mass is 9.89. The van der Waals surface area contributed by atoms with Crippen LogP contribution in [0, 0.1) is 19.8 Å². The third-order valence-electron chi connectivity index (χ3n) is 4.81. The molecule has 27 heavy (non-hydrogen) atoms. The molecule has 0 bridgehead atoms. The number of tetrazole rings is 1. The molecule has 0 radical (unpaired) electrons. The van der Waals surface area contributed by atoms with Gasteiger partial charge in [0.1, 0.15) is 0 Å². The molecule has 1 saturated carbocycles. The molecule has 0 atom stereocenters. The summed E-state index contributed by atoms with van der Waals surface area (Å²) in [5.74, 6) is -0.286. The van der Waals surface area contributed by atoms with Crippen molar-refractivity contribution in [2.45, 2.75) is 51.1 Å². The van der Waals surface area contributed by atoms with Gasteiger partial charge in [-0.25, -0.2) is 0 Å². The molecule has 0 saturated heterocycles. The van der Waals surface area contributed by atoms with Crippen molar-refractivity contribution < 1.29 is 9.59 Å². The first-order valence-electron chi connectivity index (χ1n) is 9.12. The van der Waals surface area contributed by atoms with Crippen LogP contribution in [0.2, 0.25) is 0 Å². The smallest absolute Gasteiger partial charge is 0.248 e. The third-order valence-corrected chi connectivity index (χ3v) is 5.73. The van der Waals surface area contributed by atoms with Gasteiger partial charge in [-0.1, -0.05) is 37.1 Å². The molecule has 9 heteroatoms. The maximum absolute atomic E-state index is 12.1. The van der Waals surface area contributed by atoms with Gasteiger partial charge in [0.15, 0.2) is 0 Å². The first kappa shape index (κ1) is 19.3. The van der Waals surface area contributed by atoms with E-state index in [0.717, 1.165) is 36.9 Å². The van der Waals surface area contributed by atoms with Crippen LogP contribution in [0.3, 0.4) is 0 Å². The Morgan fingerprint density at radius 3 is 2.67 bits per heavy atom. The van der Waals surface area contributed by atoms with Gasteiger partial charge in [0.25, 0.3) is 0 Å². The number of hydrogen-bond acceptors (Lipinski definition) is 6. The third kappa shape index (κ3) is 5.06. The molecule has 1 fully saturated rings. The van der Waals surface area contributed by atoms with Crippen molar-refractivity contribution in [1.29, 1.82) is 0 Å². The normalized spacial score (nSPS) is 14.7. The first-order valence-corrected chi connectivity index (χ1v) is 10.1. The number of rotatable bonds is 5. The Morgan fingerprint density at radius 1 is 1.15 bits per heavy atom. The molecule has 1 aliphatic carbocycles. The highest BCUT2D eigenvalue weighted by Gasteiger charge is 2.21. The van der Waals surface area contributed by atoms with Gasteiger partial charge in [-0.05, 0) is 60.4 Å². The summed E-state index contributed by atoms with van der Waals surface area (Å²) in [6.45, 7) is 4.07. The van der Waals surface area contributed by atoms with Crippen LogP contribution in [0.4, 0.5) is 0 Å².